The van der Waals surface area contributed by atoms with Crippen LogP contribution in [0.5, 0.6) is 5.75 Å². The first-order chi connectivity index (χ1) is 9.13. The van der Waals surface area contributed by atoms with Gasteiger partial charge in [0.25, 0.3) is 5.91 Å². The number of carbonyl (C=O) groups excluding carboxylic acids is 1. The van der Waals surface area contributed by atoms with Crippen LogP contribution in [0.4, 0.5) is 0 Å². The zero-order valence-electron chi connectivity index (χ0n) is 11.4. The summed E-state index contributed by atoms with van der Waals surface area (Å²) in [6, 6.07) is 7.26. The van der Waals surface area contributed by atoms with Crippen molar-refractivity contribution in [2.75, 3.05) is 13.2 Å². The largest absolute Gasteiger partial charge is 0.494 e. The fourth-order valence-corrected chi connectivity index (χ4v) is 2.11. The minimum absolute atomic E-state index is 0.0846. The van der Waals surface area contributed by atoms with Crippen molar-refractivity contribution in [2.45, 2.75) is 38.1 Å². The van der Waals surface area contributed by atoms with Crippen LogP contribution < -0.4 is 15.8 Å². The Kier molecular flexibility index (Phi) is 4.43. The van der Waals surface area contributed by atoms with E-state index in [4.69, 9.17) is 10.5 Å². The van der Waals surface area contributed by atoms with Crippen LogP contribution in [0.15, 0.2) is 24.3 Å². The molecule has 0 bridgehead atoms. The summed E-state index contributed by atoms with van der Waals surface area (Å²) in [6.45, 7) is 3.26. The molecule has 1 aliphatic carbocycles. The van der Waals surface area contributed by atoms with E-state index in [1.165, 1.54) is 0 Å². The molecule has 0 heterocycles. The van der Waals surface area contributed by atoms with Crippen molar-refractivity contribution in [1.82, 2.24) is 5.32 Å². The molecule has 0 aromatic heterocycles. The molecule has 0 aliphatic heterocycles. The van der Waals surface area contributed by atoms with Gasteiger partial charge in [0.1, 0.15) is 5.75 Å². The second-order valence-electron chi connectivity index (χ2n) is 5.27. The van der Waals surface area contributed by atoms with Crippen LogP contribution in [0.2, 0.25) is 0 Å². The van der Waals surface area contributed by atoms with Crippen LogP contribution in [0.25, 0.3) is 0 Å². The third-order valence-corrected chi connectivity index (χ3v) is 3.52. The first kappa shape index (κ1) is 13.9. The SMILES string of the molecule is CCCOc1cccc(C(=O)NCC2(N)CCC2)c1. The summed E-state index contributed by atoms with van der Waals surface area (Å²) in [5.74, 6) is 0.652. The summed E-state index contributed by atoms with van der Waals surface area (Å²) in [6.07, 6.45) is 4.10. The van der Waals surface area contributed by atoms with E-state index in [-0.39, 0.29) is 11.4 Å². The van der Waals surface area contributed by atoms with Gasteiger partial charge in [-0.3, -0.25) is 4.79 Å². The molecule has 1 fully saturated rings. The minimum Gasteiger partial charge on any atom is -0.494 e. The van der Waals surface area contributed by atoms with E-state index in [9.17, 15) is 4.79 Å². The van der Waals surface area contributed by atoms with Crippen molar-refractivity contribution in [3.63, 3.8) is 0 Å². The van der Waals surface area contributed by atoms with E-state index >= 15 is 0 Å². The van der Waals surface area contributed by atoms with Gasteiger partial charge in [0.05, 0.1) is 6.61 Å². The van der Waals surface area contributed by atoms with Gasteiger partial charge in [-0.25, -0.2) is 0 Å². The fraction of sp³-hybridized carbons (Fsp3) is 0.533. The van der Waals surface area contributed by atoms with Crippen LogP contribution in [0, 0.1) is 0 Å². The zero-order chi connectivity index (χ0) is 13.7. The second-order valence-corrected chi connectivity index (χ2v) is 5.27. The lowest BCUT2D eigenvalue weighted by Gasteiger charge is -2.38. The van der Waals surface area contributed by atoms with Crippen LogP contribution >= 0.6 is 0 Å². The molecule has 0 radical (unpaired) electrons. The predicted octanol–water partition coefficient (Wildman–Crippen LogP) is 2.09. The number of hydrogen-bond acceptors (Lipinski definition) is 3. The van der Waals surface area contributed by atoms with Crippen LogP contribution in [-0.2, 0) is 0 Å². The lowest BCUT2D eigenvalue weighted by molar-refractivity contribution is 0.0929. The highest BCUT2D eigenvalue weighted by molar-refractivity contribution is 5.94. The molecule has 19 heavy (non-hydrogen) atoms. The van der Waals surface area contributed by atoms with Gasteiger partial charge in [-0.05, 0) is 43.9 Å². The van der Waals surface area contributed by atoms with Crippen molar-refractivity contribution in [3.05, 3.63) is 29.8 Å². The fourth-order valence-electron chi connectivity index (χ4n) is 2.11. The summed E-state index contributed by atoms with van der Waals surface area (Å²) in [5, 5.41) is 2.91. The molecule has 0 atom stereocenters. The highest BCUT2D eigenvalue weighted by Gasteiger charge is 2.32. The molecule has 1 aromatic carbocycles. The number of nitrogens with two attached hydrogens (primary N) is 1. The lowest BCUT2D eigenvalue weighted by atomic mass is 9.78. The van der Waals surface area contributed by atoms with Crippen LogP contribution in [-0.4, -0.2) is 24.6 Å². The van der Waals surface area contributed by atoms with E-state index in [1.807, 2.05) is 12.1 Å². The highest BCUT2D eigenvalue weighted by atomic mass is 16.5. The van der Waals surface area contributed by atoms with Crippen LogP contribution in [0.3, 0.4) is 0 Å². The molecule has 2 rings (SSSR count). The van der Waals surface area contributed by atoms with Gasteiger partial charge in [0, 0.05) is 17.6 Å². The first-order valence-corrected chi connectivity index (χ1v) is 6.93. The Bertz CT molecular complexity index is 442. The van der Waals surface area contributed by atoms with Crippen molar-refractivity contribution in [3.8, 4) is 5.75 Å². The Hall–Kier alpha value is -1.55. The van der Waals surface area contributed by atoms with Crippen molar-refractivity contribution in [1.29, 1.82) is 0 Å². The standard InChI is InChI=1S/C15H22N2O2/c1-2-9-19-13-6-3-5-12(10-13)14(18)17-11-15(16)7-4-8-15/h3,5-6,10H,2,4,7-9,11,16H2,1H3,(H,17,18). The Labute approximate surface area is 114 Å². The number of nitrogens with one attached hydrogen (secondary N) is 1. The van der Waals surface area contributed by atoms with E-state index in [1.54, 1.807) is 12.1 Å². The molecule has 1 saturated carbocycles. The Balaban J connectivity index is 1.90. The Morgan fingerprint density at radius 1 is 1.47 bits per heavy atom. The summed E-state index contributed by atoms with van der Waals surface area (Å²) in [4.78, 5) is 12.0. The normalized spacial score (nSPS) is 16.5. The number of benzene rings is 1. The van der Waals surface area contributed by atoms with Gasteiger partial charge < -0.3 is 15.8 Å². The van der Waals surface area contributed by atoms with Gasteiger partial charge in [-0.1, -0.05) is 13.0 Å². The highest BCUT2D eigenvalue weighted by Crippen LogP contribution is 2.28. The molecule has 0 unspecified atom stereocenters. The molecule has 0 spiro atoms. The molecular formula is C15H22N2O2. The Morgan fingerprint density at radius 2 is 2.26 bits per heavy atom. The number of ether oxygens (including phenoxy) is 1. The van der Waals surface area contributed by atoms with Crippen molar-refractivity contribution in [2.24, 2.45) is 5.73 Å². The lowest BCUT2D eigenvalue weighted by Crippen LogP contribution is -2.54. The quantitative estimate of drug-likeness (QED) is 0.825. The molecule has 3 N–H and O–H groups in total. The molecule has 1 aliphatic rings. The maximum Gasteiger partial charge on any atom is 0.251 e. The van der Waals surface area contributed by atoms with Gasteiger partial charge in [0.2, 0.25) is 0 Å². The maximum absolute atomic E-state index is 12.0. The van der Waals surface area contributed by atoms with E-state index in [0.717, 1.165) is 31.4 Å². The number of amides is 1. The molecule has 1 amide bonds. The average molecular weight is 262 g/mol. The molecule has 1 aromatic rings. The number of carbonyl (C=O) groups is 1. The van der Waals surface area contributed by atoms with Gasteiger partial charge in [-0.2, -0.15) is 0 Å². The average Bonchev–Trinajstić information content (AvgIpc) is 2.40. The van der Waals surface area contributed by atoms with Gasteiger partial charge >= 0.3 is 0 Å². The van der Waals surface area contributed by atoms with E-state index in [2.05, 4.69) is 12.2 Å². The van der Waals surface area contributed by atoms with Crippen LogP contribution in [0.1, 0.15) is 43.0 Å². The smallest absolute Gasteiger partial charge is 0.251 e. The summed E-state index contributed by atoms with van der Waals surface area (Å²) >= 11 is 0. The Morgan fingerprint density at radius 3 is 2.89 bits per heavy atom. The monoisotopic (exact) mass is 262 g/mol. The third kappa shape index (κ3) is 3.70. The first-order valence-electron chi connectivity index (χ1n) is 6.93. The molecular weight excluding hydrogens is 240 g/mol. The minimum atomic E-state index is -0.189. The zero-order valence-corrected chi connectivity index (χ0v) is 11.4. The van der Waals surface area contributed by atoms with E-state index in [0.29, 0.717) is 18.7 Å². The molecule has 4 nitrogen and oxygen atoms in total. The second kappa shape index (κ2) is 6.06. The van der Waals surface area contributed by atoms with Crippen molar-refractivity contribution >= 4 is 5.91 Å². The van der Waals surface area contributed by atoms with E-state index < -0.39 is 0 Å². The van der Waals surface area contributed by atoms with Gasteiger partial charge in [0.15, 0.2) is 0 Å². The summed E-state index contributed by atoms with van der Waals surface area (Å²) < 4.78 is 5.52. The van der Waals surface area contributed by atoms with Gasteiger partial charge in [-0.15, -0.1) is 0 Å². The van der Waals surface area contributed by atoms with Crippen molar-refractivity contribution < 1.29 is 9.53 Å². The third-order valence-electron chi connectivity index (χ3n) is 3.52. The number of hydrogen-bond donors (Lipinski definition) is 2. The molecule has 4 heteroatoms. The summed E-state index contributed by atoms with van der Waals surface area (Å²) in [7, 11) is 0. The molecule has 104 valence electrons. The predicted molar refractivity (Wildman–Crippen MR) is 75.3 cm³/mol. The molecule has 0 saturated heterocycles. The maximum atomic E-state index is 12.0. The number of rotatable bonds is 6. The topological polar surface area (TPSA) is 64.3 Å². The summed E-state index contributed by atoms with van der Waals surface area (Å²) in [5.41, 5.74) is 6.52.